The van der Waals surface area contributed by atoms with Crippen molar-refractivity contribution >= 4 is 54.8 Å². The Morgan fingerprint density at radius 3 is 2.59 bits per heavy atom. The van der Waals surface area contributed by atoms with Crippen molar-refractivity contribution in [2.75, 3.05) is 11.6 Å². The summed E-state index contributed by atoms with van der Waals surface area (Å²) in [6.45, 7) is 1.81. The van der Waals surface area contributed by atoms with E-state index in [1.165, 1.54) is 29.5 Å². The number of carbonyl (C=O) groups is 1. The molecule has 2 rings (SSSR count). The predicted molar refractivity (Wildman–Crippen MR) is 94.0 cm³/mol. The van der Waals surface area contributed by atoms with E-state index in [0.717, 1.165) is 20.5 Å². The Morgan fingerprint density at radius 1 is 1.27 bits per heavy atom. The first kappa shape index (κ1) is 16.9. The molecule has 22 heavy (non-hydrogen) atoms. The number of halogens is 1. The fraction of sp³-hybridized carbons (Fsp3) is 0.133. The first-order chi connectivity index (χ1) is 10.3. The van der Waals surface area contributed by atoms with Crippen LogP contribution in [0.4, 0.5) is 5.69 Å². The van der Waals surface area contributed by atoms with Crippen molar-refractivity contribution in [2.45, 2.75) is 11.8 Å². The van der Waals surface area contributed by atoms with Crippen LogP contribution in [0.2, 0.25) is 0 Å². The molecule has 1 aromatic carbocycles. The van der Waals surface area contributed by atoms with Gasteiger partial charge in [-0.05, 0) is 58.8 Å². The summed E-state index contributed by atoms with van der Waals surface area (Å²) in [5, 5.41) is 2.70. The number of hydrogen-bond donors (Lipinski definition) is 1. The molecule has 2 aromatic rings. The van der Waals surface area contributed by atoms with E-state index >= 15 is 0 Å². The zero-order valence-electron chi connectivity index (χ0n) is 12.0. The minimum absolute atomic E-state index is 0.180. The molecular weight excluding hydrogens is 386 g/mol. The predicted octanol–water partition coefficient (Wildman–Crippen LogP) is 3.87. The van der Waals surface area contributed by atoms with Gasteiger partial charge in [0, 0.05) is 22.9 Å². The third-order valence-electron chi connectivity index (χ3n) is 2.89. The van der Waals surface area contributed by atoms with Gasteiger partial charge in [-0.25, -0.2) is 8.42 Å². The largest absolute Gasteiger partial charge is 0.322 e. The highest BCUT2D eigenvalue weighted by Crippen LogP contribution is 2.23. The van der Waals surface area contributed by atoms with E-state index in [9.17, 15) is 13.2 Å². The lowest BCUT2D eigenvalue weighted by Gasteiger charge is -2.08. The highest BCUT2D eigenvalue weighted by molar-refractivity contribution is 9.11. The van der Waals surface area contributed by atoms with E-state index in [1.807, 2.05) is 19.1 Å². The SMILES string of the molecule is Cc1ccc(S(C)(=O)=O)cc1NC(=O)/C=C/c1ccc(Br)s1. The third-order valence-corrected chi connectivity index (χ3v) is 5.59. The first-order valence-electron chi connectivity index (χ1n) is 6.31. The third kappa shape index (κ3) is 4.53. The van der Waals surface area contributed by atoms with Crippen LogP contribution in [0.3, 0.4) is 0 Å². The Morgan fingerprint density at radius 2 is 2.00 bits per heavy atom. The summed E-state index contributed by atoms with van der Waals surface area (Å²) in [5.41, 5.74) is 1.29. The van der Waals surface area contributed by atoms with Crippen molar-refractivity contribution in [1.29, 1.82) is 0 Å². The van der Waals surface area contributed by atoms with Crippen LogP contribution in [0.15, 0.2) is 45.1 Å². The van der Waals surface area contributed by atoms with Gasteiger partial charge in [0.25, 0.3) is 0 Å². The monoisotopic (exact) mass is 399 g/mol. The van der Waals surface area contributed by atoms with Crippen LogP contribution < -0.4 is 5.32 Å². The van der Waals surface area contributed by atoms with Crippen molar-refractivity contribution in [3.05, 3.63) is 50.6 Å². The quantitative estimate of drug-likeness (QED) is 0.793. The smallest absolute Gasteiger partial charge is 0.248 e. The molecular formula is C15H14BrNO3S2. The molecule has 0 atom stereocenters. The zero-order chi connectivity index (χ0) is 16.3. The molecule has 4 nitrogen and oxygen atoms in total. The van der Waals surface area contributed by atoms with Gasteiger partial charge in [0.1, 0.15) is 0 Å². The Hall–Kier alpha value is -1.44. The van der Waals surface area contributed by atoms with Crippen molar-refractivity contribution < 1.29 is 13.2 Å². The maximum atomic E-state index is 12.0. The molecule has 0 aliphatic heterocycles. The van der Waals surface area contributed by atoms with E-state index in [2.05, 4.69) is 21.2 Å². The van der Waals surface area contributed by atoms with Crippen molar-refractivity contribution in [2.24, 2.45) is 0 Å². The fourth-order valence-corrected chi connectivity index (χ4v) is 3.69. The van der Waals surface area contributed by atoms with Gasteiger partial charge in [-0.1, -0.05) is 6.07 Å². The standard InChI is InChI=1S/C15H14BrNO3S2/c1-10-3-6-12(22(2,19)20)9-13(10)17-15(18)8-5-11-4-7-14(16)21-11/h3-9H,1-2H3,(H,17,18)/b8-5+. The second-order valence-corrected chi connectivity index (χ2v) is 9.22. The maximum Gasteiger partial charge on any atom is 0.248 e. The number of anilines is 1. The molecule has 0 fully saturated rings. The lowest BCUT2D eigenvalue weighted by molar-refractivity contribution is -0.111. The summed E-state index contributed by atoms with van der Waals surface area (Å²) in [7, 11) is -3.30. The molecule has 0 saturated heterocycles. The number of benzene rings is 1. The fourth-order valence-electron chi connectivity index (χ4n) is 1.72. The van der Waals surface area contributed by atoms with Crippen LogP contribution in [0.25, 0.3) is 6.08 Å². The molecule has 1 amide bonds. The van der Waals surface area contributed by atoms with Crippen molar-refractivity contribution in [1.82, 2.24) is 0 Å². The van der Waals surface area contributed by atoms with Gasteiger partial charge in [0.05, 0.1) is 8.68 Å². The van der Waals surface area contributed by atoms with Gasteiger partial charge in [-0.15, -0.1) is 11.3 Å². The normalized spacial score (nSPS) is 11.8. The van der Waals surface area contributed by atoms with Gasteiger partial charge < -0.3 is 5.32 Å². The van der Waals surface area contributed by atoms with E-state index in [-0.39, 0.29) is 10.8 Å². The van der Waals surface area contributed by atoms with Gasteiger partial charge in [0.2, 0.25) is 5.91 Å². The number of aryl methyl sites for hydroxylation is 1. The van der Waals surface area contributed by atoms with Crippen LogP contribution in [0.1, 0.15) is 10.4 Å². The molecule has 116 valence electrons. The lowest BCUT2D eigenvalue weighted by atomic mass is 10.2. The number of carbonyl (C=O) groups excluding carboxylic acids is 1. The Kier molecular flexibility index (Phi) is 5.20. The molecule has 0 spiro atoms. The Labute approximate surface area is 141 Å². The first-order valence-corrected chi connectivity index (χ1v) is 9.81. The molecule has 0 bridgehead atoms. The summed E-state index contributed by atoms with van der Waals surface area (Å²) in [5.74, 6) is -0.307. The van der Waals surface area contributed by atoms with E-state index < -0.39 is 9.84 Å². The van der Waals surface area contributed by atoms with Crippen LogP contribution in [-0.2, 0) is 14.6 Å². The van der Waals surface area contributed by atoms with Gasteiger partial charge in [-0.3, -0.25) is 4.79 Å². The summed E-state index contributed by atoms with van der Waals surface area (Å²) in [4.78, 5) is 13.1. The van der Waals surface area contributed by atoms with Gasteiger partial charge in [0.15, 0.2) is 9.84 Å². The number of sulfone groups is 1. The minimum atomic E-state index is -3.30. The summed E-state index contributed by atoms with van der Waals surface area (Å²) in [6.07, 6.45) is 4.27. The molecule has 0 saturated carbocycles. The number of amides is 1. The van der Waals surface area contributed by atoms with Crippen LogP contribution in [0, 0.1) is 6.92 Å². The van der Waals surface area contributed by atoms with E-state index in [4.69, 9.17) is 0 Å². The highest BCUT2D eigenvalue weighted by Gasteiger charge is 2.10. The second-order valence-electron chi connectivity index (χ2n) is 4.71. The molecule has 0 aliphatic rings. The average Bonchev–Trinajstić information content (AvgIpc) is 2.83. The number of nitrogens with one attached hydrogen (secondary N) is 1. The maximum absolute atomic E-state index is 12.0. The molecule has 0 aliphatic carbocycles. The number of hydrogen-bond acceptors (Lipinski definition) is 4. The van der Waals surface area contributed by atoms with Crippen LogP contribution in [0.5, 0.6) is 0 Å². The summed E-state index contributed by atoms with van der Waals surface area (Å²) < 4.78 is 24.1. The second kappa shape index (κ2) is 6.76. The summed E-state index contributed by atoms with van der Waals surface area (Å²) in [6, 6.07) is 8.47. The Bertz CT molecular complexity index is 838. The van der Waals surface area contributed by atoms with E-state index in [0.29, 0.717) is 5.69 Å². The van der Waals surface area contributed by atoms with Crippen molar-refractivity contribution in [3.8, 4) is 0 Å². The number of rotatable bonds is 4. The average molecular weight is 400 g/mol. The van der Waals surface area contributed by atoms with Crippen molar-refractivity contribution in [3.63, 3.8) is 0 Å². The number of thiophene rings is 1. The molecule has 0 unspecified atom stereocenters. The highest BCUT2D eigenvalue weighted by atomic mass is 79.9. The molecule has 1 aromatic heterocycles. The minimum Gasteiger partial charge on any atom is -0.322 e. The van der Waals surface area contributed by atoms with Crippen LogP contribution >= 0.6 is 27.3 Å². The molecule has 1 N–H and O–H groups in total. The van der Waals surface area contributed by atoms with Crippen LogP contribution in [-0.4, -0.2) is 20.6 Å². The topological polar surface area (TPSA) is 63.2 Å². The summed E-state index contributed by atoms with van der Waals surface area (Å²) >= 11 is 4.87. The van der Waals surface area contributed by atoms with E-state index in [1.54, 1.807) is 12.1 Å². The van der Waals surface area contributed by atoms with Gasteiger partial charge in [-0.2, -0.15) is 0 Å². The van der Waals surface area contributed by atoms with Gasteiger partial charge >= 0.3 is 0 Å². The Balaban J connectivity index is 2.16. The molecule has 1 heterocycles. The molecule has 7 heteroatoms. The molecule has 0 radical (unpaired) electrons. The lowest BCUT2D eigenvalue weighted by Crippen LogP contribution is -2.10. The zero-order valence-corrected chi connectivity index (χ0v) is 15.2.